The van der Waals surface area contributed by atoms with Crippen LogP contribution in [-0.4, -0.2) is 20.5 Å². The highest BCUT2D eigenvalue weighted by Crippen LogP contribution is 2.34. The van der Waals surface area contributed by atoms with Crippen molar-refractivity contribution in [1.29, 1.82) is 0 Å². The number of aromatic hydroxyl groups is 1. The van der Waals surface area contributed by atoms with E-state index in [9.17, 15) is 9.90 Å². The fourth-order valence-electron chi connectivity index (χ4n) is 2.54. The van der Waals surface area contributed by atoms with E-state index >= 15 is 0 Å². The van der Waals surface area contributed by atoms with Gasteiger partial charge in [-0.05, 0) is 12.1 Å². The van der Waals surface area contributed by atoms with Gasteiger partial charge in [0.15, 0.2) is 6.29 Å². The van der Waals surface area contributed by atoms with Crippen LogP contribution in [0.4, 0.5) is 0 Å². The summed E-state index contributed by atoms with van der Waals surface area (Å²) < 4.78 is 3.74. The minimum absolute atomic E-state index is 0.258. The first-order chi connectivity index (χ1) is 8.15. The molecule has 1 N–H and O–H groups in total. The zero-order valence-corrected chi connectivity index (χ0v) is 9.64. The van der Waals surface area contributed by atoms with E-state index in [0.29, 0.717) is 5.69 Å². The third-order valence-corrected chi connectivity index (χ3v) is 3.32. The molecule has 4 heteroatoms. The minimum atomic E-state index is 0.258. The number of carbonyl (C=O) groups excluding carboxylic acids is 1. The zero-order chi connectivity index (χ0) is 12.2. The van der Waals surface area contributed by atoms with Gasteiger partial charge in [0.1, 0.15) is 11.4 Å². The second kappa shape index (κ2) is 3.13. The summed E-state index contributed by atoms with van der Waals surface area (Å²) in [6.07, 6.45) is 0.842. The zero-order valence-electron chi connectivity index (χ0n) is 9.64. The summed E-state index contributed by atoms with van der Waals surface area (Å²) >= 11 is 0. The van der Waals surface area contributed by atoms with Gasteiger partial charge in [-0.1, -0.05) is 12.1 Å². The van der Waals surface area contributed by atoms with E-state index in [1.54, 1.807) is 6.07 Å². The summed E-state index contributed by atoms with van der Waals surface area (Å²) in [5.74, 6) is 0.258. The van der Waals surface area contributed by atoms with Gasteiger partial charge in [0, 0.05) is 24.9 Å². The van der Waals surface area contributed by atoms with Crippen LogP contribution in [0.5, 0.6) is 5.75 Å². The van der Waals surface area contributed by atoms with Gasteiger partial charge in [-0.15, -0.1) is 0 Å². The number of carbonyl (C=O) groups is 1. The number of aldehydes is 1. The Bertz CT molecular complexity index is 750. The number of rotatable bonds is 1. The highest BCUT2D eigenvalue weighted by atomic mass is 16.3. The van der Waals surface area contributed by atoms with Gasteiger partial charge >= 0.3 is 0 Å². The lowest BCUT2D eigenvalue weighted by Crippen LogP contribution is -1.99. The van der Waals surface area contributed by atoms with Gasteiger partial charge in [0.25, 0.3) is 0 Å². The van der Waals surface area contributed by atoms with Crippen LogP contribution in [0, 0.1) is 0 Å². The number of phenols is 1. The molecule has 3 aromatic rings. The van der Waals surface area contributed by atoms with Crippen molar-refractivity contribution in [3.05, 3.63) is 30.0 Å². The van der Waals surface area contributed by atoms with Crippen molar-refractivity contribution in [2.24, 2.45) is 14.1 Å². The molecule has 0 aliphatic heterocycles. The van der Waals surface area contributed by atoms with E-state index in [4.69, 9.17) is 0 Å². The van der Waals surface area contributed by atoms with Gasteiger partial charge in [0.05, 0.1) is 11.2 Å². The Balaban J connectivity index is 2.63. The minimum Gasteiger partial charge on any atom is -0.506 e. The number of aromatic nitrogens is 2. The maximum atomic E-state index is 10.9. The molecule has 0 amide bonds. The smallest absolute Gasteiger partial charge is 0.166 e. The molecule has 3 rings (SSSR count). The van der Waals surface area contributed by atoms with E-state index in [-0.39, 0.29) is 5.75 Å². The lowest BCUT2D eigenvalue weighted by molar-refractivity contribution is 0.111. The summed E-state index contributed by atoms with van der Waals surface area (Å²) in [7, 11) is 3.74. The summed E-state index contributed by atoms with van der Waals surface area (Å²) in [5.41, 5.74) is 2.37. The van der Waals surface area contributed by atoms with Crippen LogP contribution < -0.4 is 0 Å². The van der Waals surface area contributed by atoms with Gasteiger partial charge in [-0.25, -0.2) is 0 Å². The van der Waals surface area contributed by atoms with E-state index < -0.39 is 0 Å². The predicted molar refractivity (Wildman–Crippen MR) is 66.4 cm³/mol. The van der Waals surface area contributed by atoms with Crippen molar-refractivity contribution >= 4 is 28.2 Å². The molecule has 0 aliphatic rings. The highest BCUT2D eigenvalue weighted by Gasteiger charge is 2.16. The first-order valence-corrected chi connectivity index (χ1v) is 5.36. The first kappa shape index (κ1) is 9.96. The molecule has 0 unspecified atom stereocenters. The van der Waals surface area contributed by atoms with Crippen molar-refractivity contribution in [3.63, 3.8) is 0 Å². The van der Waals surface area contributed by atoms with Crippen molar-refractivity contribution in [3.8, 4) is 5.75 Å². The summed E-state index contributed by atoms with van der Waals surface area (Å²) in [6, 6.07) is 7.28. The molecular formula is C13H12N2O2. The number of hydrogen-bond donors (Lipinski definition) is 1. The molecule has 4 nitrogen and oxygen atoms in total. The molecule has 17 heavy (non-hydrogen) atoms. The summed E-state index contributed by atoms with van der Waals surface area (Å²) in [6.45, 7) is 0. The van der Waals surface area contributed by atoms with E-state index in [2.05, 4.69) is 0 Å². The van der Waals surface area contributed by atoms with Gasteiger partial charge in [-0.3, -0.25) is 4.79 Å². The number of fused-ring (bicyclic) bond motifs is 3. The topological polar surface area (TPSA) is 47.2 Å². The van der Waals surface area contributed by atoms with Crippen molar-refractivity contribution < 1.29 is 9.90 Å². The average Bonchev–Trinajstić information content (AvgIpc) is 2.78. The SMILES string of the molecule is Cn1c(C=O)cc2c3cccc(O)c3n(C)c21. The molecule has 1 aromatic carbocycles. The first-order valence-electron chi connectivity index (χ1n) is 5.36. The third kappa shape index (κ3) is 1.09. The standard InChI is InChI=1S/C13H12N2O2/c1-14-8(7-16)6-10-9-4-3-5-11(17)12(9)15(2)13(10)14/h3-7,17H,1-2H3. The maximum absolute atomic E-state index is 10.9. The lowest BCUT2D eigenvalue weighted by Gasteiger charge is -2.03. The number of phenolic OH excluding ortho intramolecular Hbond substituents is 1. The summed E-state index contributed by atoms with van der Waals surface area (Å²) in [4.78, 5) is 10.9. The molecule has 0 saturated carbocycles. The Morgan fingerprint density at radius 3 is 2.65 bits per heavy atom. The van der Waals surface area contributed by atoms with Crippen LogP contribution >= 0.6 is 0 Å². The largest absolute Gasteiger partial charge is 0.506 e. The quantitative estimate of drug-likeness (QED) is 0.649. The molecule has 0 fully saturated rings. The Hall–Kier alpha value is -2.23. The Kier molecular flexibility index (Phi) is 1.84. The molecule has 86 valence electrons. The number of para-hydroxylation sites is 1. The van der Waals surface area contributed by atoms with Crippen LogP contribution in [0.15, 0.2) is 24.3 Å². The fourth-order valence-corrected chi connectivity index (χ4v) is 2.54. The van der Waals surface area contributed by atoms with Crippen molar-refractivity contribution in [2.75, 3.05) is 0 Å². The molecule has 2 heterocycles. The number of hydrogen-bond acceptors (Lipinski definition) is 2. The molecular weight excluding hydrogens is 216 g/mol. The van der Waals surface area contributed by atoms with Crippen molar-refractivity contribution in [2.45, 2.75) is 0 Å². The van der Waals surface area contributed by atoms with Gasteiger partial charge in [-0.2, -0.15) is 0 Å². The number of nitrogens with zero attached hydrogens (tertiary/aromatic N) is 2. The van der Waals surface area contributed by atoms with Crippen LogP contribution in [-0.2, 0) is 14.1 Å². The molecule has 0 saturated heterocycles. The predicted octanol–water partition coefficient (Wildman–Crippen LogP) is 2.19. The maximum Gasteiger partial charge on any atom is 0.166 e. The lowest BCUT2D eigenvalue weighted by atomic mass is 10.2. The van der Waals surface area contributed by atoms with Crippen LogP contribution in [0.3, 0.4) is 0 Å². The van der Waals surface area contributed by atoms with Crippen LogP contribution in [0.1, 0.15) is 10.5 Å². The Morgan fingerprint density at radius 2 is 1.94 bits per heavy atom. The number of benzene rings is 1. The van der Waals surface area contributed by atoms with Gasteiger partial charge < -0.3 is 14.2 Å². The normalized spacial score (nSPS) is 11.4. The third-order valence-electron chi connectivity index (χ3n) is 3.32. The van der Waals surface area contributed by atoms with Gasteiger partial charge in [0.2, 0.25) is 0 Å². The van der Waals surface area contributed by atoms with Crippen LogP contribution in [0.25, 0.3) is 21.9 Å². The molecule has 0 spiro atoms. The highest BCUT2D eigenvalue weighted by molar-refractivity contribution is 6.10. The second-order valence-corrected chi connectivity index (χ2v) is 4.22. The molecule has 0 bridgehead atoms. The molecule has 0 radical (unpaired) electrons. The van der Waals surface area contributed by atoms with E-state index in [0.717, 1.165) is 28.2 Å². The molecule has 0 aliphatic carbocycles. The molecule has 2 aromatic heterocycles. The van der Waals surface area contributed by atoms with Crippen molar-refractivity contribution in [1.82, 2.24) is 9.13 Å². The van der Waals surface area contributed by atoms with E-state index in [1.807, 2.05) is 41.4 Å². The average molecular weight is 228 g/mol. The Labute approximate surface area is 97.7 Å². The monoisotopic (exact) mass is 228 g/mol. The van der Waals surface area contributed by atoms with E-state index in [1.165, 1.54) is 0 Å². The summed E-state index contributed by atoms with van der Waals surface area (Å²) in [5, 5.41) is 11.8. The fraction of sp³-hybridized carbons (Fsp3) is 0.154. The molecule has 0 atom stereocenters. The second-order valence-electron chi connectivity index (χ2n) is 4.22. The van der Waals surface area contributed by atoms with Crippen LogP contribution in [0.2, 0.25) is 0 Å². The Morgan fingerprint density at radius 1 is 1.18 bits per heavy atom. The number of aryl methyl sites for hydroxylation is 2.